The lowest BCUT2D eigenvalue weighted by Gasteiger charge is -2.22. The summed E-state index contributed by atoms with van der Waals surface area (Å²) in [5.41, 5.74) is 0.675. The number of carbonyl (C=O) groups is 1. The fraction of sp³-hybridized carbons (Fsp3) is 0.462. The van der Waals surface area contributed by atoms with Crippen LogP contribution in [0.5, 0.6) is 0 Å². The van der Waals surface area contributed by atoms with Gasteiger partial charge in [0.15, 0.2) is 0 Å². The molecule has 16 heavy (non-hydrogen) atoms. The Hall–Kier alpha value is -1.51. The zero-order valence-electron chi connectivity index (χ0n) is 9.77. The molecule has 1 rings (SSSR count). The van der Waals surface area contributed by atoms with Crippen molar-refractivity contribution in [1.29, 1.82) is 0 Å². The summed E-state index contributed by atoms with van der Waals surface area (Å²) in [6, 6.07) is 10.2. The minimum Gasteiger partial charge on any atom is -0.450 e. The first kappa shape index (κ1) is 12.6. The van der Waals surface area contributed by atoms with Crippen LogP contribution < -0.4 is 0 Å². The van der Waals surface area contributed by atoms with Gasteiger partial charge in [0.2, 0.25) is 0 Å². The maximum absolute atomic E-state index is 10.4. The van der Waals surface area contributed by atoms with Crippen LogP contribution in [0.1, 0.15) is 32.3 Å². The Balaban J connectivity index is 2.32. The van der Waals surface area contributed by atoms with Gasteiger partial charge in [0, 0.05) is 0 Å². The topological polar surface area (TPSA) is 46.5 Å². The van der Waals surface area contributed by atoms with Crippen LogP contribution in [-0.4, -0.2) is 16.9 Å². The Kier molecular flexibility index (Phi) is 4.35. The molecule has 0 radical (unpaired) electrons. The summed E-state index contributed by atoms with van der Waals surface area (Å²) in [4.78, 5) is 10.4. The van der Waals surface area contributed by atoms with Gasteiger partial charge in [-0.05, 0) is 38.7 Å². The van der Waals surface area contributed by atoms with Gasteiger partial charge in [-0.15, -0.1) is 0 Å². The van der Waals surface area contributed by atoms with E-state index in [1.165, 1.54) is 5.56 Å². The molecule has 0 saturated heterocycles. The molecule has 0 heterocycles. The van der Waals surface area contributed by atoms with Gasteiger partial charge in [0.05, 0.1) is 0 Å². The van der Waals surface area contributed by atoms with E-state index in [9.17, 15) is 4.79 Å². The normalized spacial score (nSPS) is 11.1. The van der Waals surface area contributed by atoms with E-state index in [4.69, 9.17) is 9.84 Å². The second-order valence-electron chi connectivity index (χ2n) is 4.47. The smallest absolute Gasteiger partial charge is 0.450 e. The van der Waals surface area contributed by atoms with Gasteiger partial charge in [-0.2, -0.15) is 0 Å². The lowest BCUT2D eigenvalue weighted by atomic mass is 9.99. The average molecular weight is 222 g/mol. The zero-order valence-corrected chi connectivity index (χ0v) is 9.77. The van der Waals surface area contributed by atoms with E-state index in [1.807, 2.05) is 18.2 Å². The Morgan fingerprint density at radius 3 is 2.50 bits per heavy atom. The predicted molar refractivity (Wildman–Crippen MR) is 62.6 cm³/mol. The van der Waals surface area contributed by atoms with E-state index in [0.717, 1.165) is 19.3 Å². The van der Waals surface area contributed by atoms with Crippen LogP contribution in [0, 0.1) is 0 Å². The molecule has 3 nitrogen and oxygen atoms in total. The summed E-state index contributed by atoms with van der Waals surface area (Å²) in [5.74, 6) is 0. The van der Waals surface area contributed by atoms with Crippen LogP contribution in [0.25, 0.3) is 0 Å². The summed E-state index contributed by atoms with van der Waals surface area (Å²) in [6.45, 7) is 3.60. The molecule has 0 saturated carbocycles. The molecule has 0 aliphatic heterocycles. The van der Waals surface area contributed by atoms with E-state index in [2.05, 4.69) is 12.1 Å². The summed E-state index contributed by atoms with van der Waals surface area (Å²) in [7, 11) is 0. The Bertz CT molecular complexity index is 330. The van der Waals surface area contributed by atoms with Gasteiger partial charge in [0.1, 0.15) is 5.60 Å². The predicted octanol–water partition coefficient (Wildman–Crippen LogP) is 3.48. The summed E-state index contributed by atoms with van der Waals surface area (Å²) in [6.07, 6.45) is 1.40. The number of benzene rings is 1. The average Bonchev–Trinajstić information content (AvgIpc) is 2.16. The molecule has 0 amide bonds. The molecule has 0 unspecified atom stereocenters. The van der Waals surface area contributed by atoms with Gasteiger partial charge < -0.3 is 9.84 Å². The van der Waals surface area contributed by atoms with Crippen LogP contribution >= 0.6 is 0 Å². The number of hydrogen-bond acceptors (Lipinski definition) is 2. The maximum atomic E-state index is 10.4. The number of rotatable bonds is 5. The van der Waals surface area contributed by atoms with Crippen molar-refractivity contribution in [2.45, 2.75) is 38.7 Å². The summed E-state index contributed by atoms with van der Waals surface area (Å²) >= 11 is 0. The Labute approximate surface area is 96.1 Å². The van der Waals surface area contributed by atoms with E-state index >= 15 is 0 Å². The van der Waals surface area contributed by atoms with E-state index in [0.29, 0.717) is 0 Å². The highest BCUT2D eigenvalue weighted by molar-refractivity contribution is 5.57. The standard InChI is InChI=1S/C13H18O3/c1-13(2,16-12(14)15)10-6-9-11-7-4-3-5-8-11/h3-5,7-8H,6,9-10H2,1-2H3,(H,14,15). The van der Waals surface area contributed by atoms with Gasteiger partial charge in [-0.3, -0.25) is 0 Å². The second-order valence-corrected chi connectivity index (χ2v) is 4.47. The fourth-order valence-corrected chi connectivity index (χ4v) is 1.65. The van der Waals surface area contributed by atoms with Crippen LogP contribution in [0.2, 0.25) is 0 Å². The van der Waals surface area contributed by atoms with Crippen molar-refractivity contribution in [3.8, 4) is 0 Å². The quantitative estimate of drug-likeness (QED) is 0.776. The molecule has 0 aliphatic rings. The van der Waals surface area contributed by atoms with E-state index < -0.39 is 11.8 Å². The highest BCUT2D eigenvalue weighted by Gasteiger charge is 2.21. The van der Waals surface area contributed by atoms with Crippen molar-refractivity contribution < 1.29 is 14.6 Å². The summed E-state index contributed by atoms with van der Waals surface area (Å²) < 4.78 is 4.79. The number of ether oxygens (including phenoxy) is 1. The Morgan fingerprint density at radius 1 is 1.31 bits per heavy atom. The molecule has 1 aromatic rings. The molecule has 0 bridgehead atoms. The molecule has 1 N–H and O–H groups in total. The molecule has 0 aromatic heterocycles. The van der Waals surface area contributed by atoms with Gasteiger partial charge >= 0.3 is 6.16 Å². The molecule has 0 fully saturated rings. The minimum atomic E-state index is -1.20. The van der Waals surface area contributed by atoms with Crippen molar-refractivity contribution >= 4 is 6.16 Å². The first-order valence-electron chi connectivity index (χ1n) is 5.45. The highest BCUT2D eigenvalue weighted by atomic mass is 16.7. The molecule has 88 valence electrons. The third-order valence-electron chi connectivity index (χ3n) is 2.45. The third kappa shape index (κ3) is 4.82. The number of carboxylic acid groups (broad SMARTS) is 1. The monoisotopic (exact) mass is 222 g/mol. The maximum Gasteiger partial charge on any atom is 0.506 e. The van der Waals surface area contributed by atoms with Crippen molar-refractivity contribution in [2.75, 3.05) is 0 Å². The fourth-order valence-electron chi connectivity index (χ4n) is 1.65. The van der Waals surface area contributed by atoms with Gasteiger partial charge in [0.25, 0.3) is 0 Å². The molecule has 0 spiro atoms. The molecular formula is C13H18O3. The first-order valence-corrected chi connectivity index (χ1v) is 5.45. The van der Waals surface area contributed by atoms with E-state index in [-0.39, 0.29) is 0 Å². The third-order valence-corrected chi connectivity index (χ3v) is 2.45. The van der Waals surface area contributed by atoms with Crippen LogP contribution in [-0.2, 0) is 11.2 Å². The minimum absolute atomic E-state index is 0.597. The lowest BCUT2D eigenvalue weighted by Crippen LogP contribution is -2.27. The number of aryl methyl sites for hydroxylation is 1. The zero-order chi connectivity index (χ0) is 12.0. The van der Waals surface area contributed by atoms with Crippen molar-refractivity contribution in [2.24, 2.45) is 0 Å². The molecule has 0 aliphatic carbocycles. The van der Waals surface area contributed by atoms with E-state index in [1.54, 1.807) is 13.8 Å². The largest absolute Gasteiger partial charge is 0.506 e. The van der Waals surface area contributed by atoms with Crippen molar-refractivity contribution in [3.05, 3.63) is 35.9 Å². The number of hydrogen-bond donors (Lipinski definition) is 1. The molecule has 1 aromatic carbocycles. The molecule has 0 atom stereocenters. The second kappa shape index (κ2) is 5.54. The van der Waals surface area contributed by atoms with Gasteiger partial charge in [-0.1, -0.05) is 30.3 Å². The SMILES string of the molecule is CC(C)(CCCc1ccccc1)OC(=O)O. The van der Waals surface area contributed by atoms with Crippen LogP contribution in [0.3, 0.4) is 0 Å². The van der Waals surface area contributed by atoms with Gasteiger partial charge in [-0.25, -0.2) is 4.79 Å². The van der Waals surface area contributed by atoms with Crippen LogP contribution in [0.4, 0.5) is 4.79 Å². The van der Waals surface area contributed by atoms with Crippen molar-refractivity contribution in [1.82, 2.24) is 0 Å². The van der Waals surface area contributed by atoms with Crippen molar-refractivity contribution in [3.63, 3.8) is 0 Å². The lowest BCUT2D eigenvalue weighted by molar-refractivity contribution is -0.00189. The highest BCUT2D eigenvalue weighted by Crippen LogP contribution is 2.18. The first-order chi connectivity index (χ1) is 7.49. The molecule has 3 heteroatoms. The molecular weight excluding hydrogens is 204 g/mol. The summed E-state index contributed by atoms with van der Waals surface area (Å²) in [5, 5.41) is 8.54. The van der Waals surface area contributed by atoms with Crippen LogP contribution in [0.15, 0.2) is 30.3 Å². The Morgan fingerprint density at radius 2 is 1.94 bits per heavy atom.